The Hall–Kier alpha value is -1.10. The quantitative estimate of drug-likeness (QED) is 0.929. The Morgan fingerprint density at radius 3 is 2.56 bits per heavy atom. The van der Waals surface area contributed by atoms with Crippen LogP contribution in [0.15, 0.2) is 16.7 Å². The molecule has 0 bridgehead atoms. The zero-order chi connectivity index (χ0) is 13.9. The summed E-state index contributed by atoms with van der Waals surface area (Å²) in [6, 6.07) is 1.98. The molecule has 18 heavy (non-hydrogen) atoms. The number of hydrogen-bond acceptors (Lipinski definition) is 3. The molecule has 1 rings (SSSR count). The molecule has 5 heteroatoms. The minimum Gasteiger partial charge on any atom is -0.372 e. The highest BCUT2D eigenvalue weighted by Gasteiger charge is 2.22. The summed E-state index contributed by atoms with van der Waals surface area (Å²) in [6.07, 6.45) is 1.68. The first-order valence-corrected chi connectivity index (χ1v) is 6.78. The Balaban J connectivity index is 3.06. The van der Waals surface area contributed by atoms with Gasteiger partial charge < -0.3 is 10.2 Å². The average molecular weight is 314 g/mol. The van der Waals surface area contributed by atoms with Crippen LogP contribution in [-0.2, 0) is 0 Å². The van der Waals surface area contributed by atoms with Crippen molar-refractivity contribution in [2.75, 3.05) is 19.4 Å². The lowest BCUT2D eigenvalue weighted by atomic mass is 10.0. The molecule has 1 amide bonds. The number of amides is 1. The highest BCUT2D eigenvalue weighted by Crippen LogP contribution is 2.21. The topological polar surface area (TPSA) is 45.2 Å². The van der Waals surface area contributed by atoms with Crippen LogP contribution < -0.4 is 5.32 Å². The zero-order valence-electron chi connectivity index (χ0n) is 11.5. The summed E-state index contributed by atoms with van der Waals surface area (Å²) in [6.45, 7) is 6.26. The van der Waals surface area contributed by atoms with Crippen molar-refractivity contribution in [3.8, 4) is 0 Å². The summed E-state index contributed by atoms with van der Waals surface area (Å²) in [7, 11) is 3.59. The highest BCUT2D eigenvalue weighted by atomic mass is 79.9. The molecule has 0 aliphatic carbocycles. The number of aromatic nitrogens is 1. The van der Waals surface area contributed by atoms with Gasteiger partial charge in [-0.1, -0.05) is 13.8 Å². The molecule has 0 spiro atoms. The standard InChI is InChI=1S/C13H20BrN3O/c1-8(2)9(3)17(5)13(18)11-6-10(14)7-16-12(11)15-4/h6-9H,1-5H3,(H,15,16). The largest absolute Gasteiger partial charge is 0.372 e. The SMILES string of the molecule is CNc1ncc(Br)cc1C(=O)N(C)C(C)C(C)C. The fourth-order valence-electron chi connectivity index (χ4n) is 1.62. The molecule has 1 N–H and O–H groups in total. The maximum atomic E-state index is 12.4. The fraction of sp³-hybridized carbons (Fsp3) is 0.538. The minimum absolute atomic E-state index is 0.0191. The lowest BCUT2D eigenvalue weighted by Crippen LogP contribution is -2.38. The molecule has 1 atom stereocenters. The molecule has 1 unspecified atom stereocenters. The molecule has 0 fully saturated rings. The van der Waals surface area contributed by atoms with E-state index >= 15 is 0 Å². The summed E-state index contributed by atoms with van der Waals surface area (Å²) in [4.78, 5) is 18.4. The van der Waals surface area contributed by atoms with Crippen molar-refractivity contribution in [2.24, 2.45) is 5.92 Å². The number of hydrogen-bond donors (Lipinski definition) is 1. The Morgan fingerprint density at radius 1 is 1.44 bits per heavy atom. The van der Waals surface area contributed by atoms with Gasteiger partial charge in [-0.3, -0.25) is 4.79 Å². The van der Waals surface area contributed by atoms with E-state index in [1.54, 1.807) is 24.2 Å². The first-order valence-electron chi connectivity index (χ1n) is 5.99. The number of nitrogens with zero attached hydrogens (tertiary/aromatic N) is 2. The number of halogens is 1. The van der Waals surface area contributed by atoms with Gasteiger partial charge in [-0.05, 0) is 34.8 Å². The van der Waals surface area contributed by atoms with Gasteiger partial charge in [-0.2, -0.15) is 0 Å². The summed E-state index contributed by atoms with van der Waals surface area (Å²) in [5.74, 6) is 0.998. The molecule has 0 aliphatic rings. The molecule has 0 radical (unpaired) electrons. The fourth-order valence-corrected chi connectivity index (χ4v) is 1.95. The molecular formula is C13H20BrN3O. The van der Waals surface area contributed by atoms with E-state index in [9.17, 15) is 4.79 Å². The normalized spacial score (nSPS) is 12.4. The van der Waals surface area contributed by atoms with E-state index in [0.29, 0.717) is 17.3 Å². The monoisotopic (exact) mass is 313 g/mol. The molecule has 100 valence electrons. The lowest BCUT2D eigenvalue weighted by Gasteiger charge is -2.28. The van der Waals surface area contributed by atoms with Crippen molar-refractivity contribution < 1.29 is 4.79 Å². The minimum atomic E-state index is -0.0191. The van der Waals surface area contributed by atoms with E-state index in [-0.39, 0.29) is 11.9 Å². The first-order chi connectivity index (χ1) is 8.38. The van der Waals surface area contributed by atoms with Crippen LogP contribution in [0.1, 0.15) is 31.1 Å². The maximum Gasteiger partial charge on any atom is 0.257 e. The lowest BCUT2D eigenvalue weighted by molar-refractivity contribution is 0.0707. The second kappa shape index (κ2) is 6.18. The number of nitrogens with one attached hydrogen (secondary N) is 1. The van der Waals surface area contributed by atoms with E-state index < -0.39 is 0 Å². The summed E-state index contributed by atoms with van der Waals surface area (Å²) in [5.41, 5.74) is 0.585. The van der Waals surface area contributed by atoms with Crippen LogP contribution in [0.2, 0.25) is 0 Å². The van der Waals surface area contributed by atoms with Crippen LogP contribution in [0.3, 0.4) is 0 Å². The van der Waals surface area contributed by atoms with Crippen LogP contribution in [0.4, 0.5) is 5.82 Å². The van der Waals surface area contributed by atoms with Crippen LogP contribution in [0.25, 0.3) is 0 Å². The first kappa shape index (κ1) is 15.0. The van der Waals surface area contributed by atoms with E-state index in [1.807, 2.05) is 14.0 Å². The molecule has 0 aliphatic heterocycles. The van der Waals surface area contributed by atoms with Crippen LogP contribution in [0.5, 0.6) is 0 Å². The third-order valence-electron chi connectivity index (χ3n) is 3.22. The molecule has 0 saturated heterocycles. The van der Waals surface area contributed by atoms with Crippen molar-refractivity contribution in [1.82, 2.24) is 9.88 Å². The molecule has 1 aromatic heterocycles. The van der Waals surface area contributed by atoms with Gasteiger partial charge in [0.05, 0.1) is 5.56 Å². The van der Waals surface area contributed by atoms with Gasteiger partial charge in [0, 0.05) is 30.8 Å². The molecule has 1 aromatic rings. The third kappa shape index (κ3) is 3.22. The summed E-state index contributed by atoms with van der Waals surface area (Å²) in [5, 5.41) is 2.95. The van der Waals surface area contributed by atoms with Gasteiger partial charge in [-0.15, -0.1) is 0 Å². The predicted octanol–water partition coefficient (Wildman–Crippen LogP) is 3.00. The molecule has 4 nitrogen and oxygen atoms in total. The van der Waals surface area contributed by atoms with Gasteiger partial charge in [0.2, 0.25) is 0 Å². The highest BCUT2D eigenvalue weighted by molar-refractivity contribution is 9.10. The van der Waals surface area contributed by atoms with E-state index in [4.69, 9.17) is 0 Å². The molecule has 1 heterocycles. The van der Waals surface area contributed by atoms with E-state index in [1.165, 1.54) is 0 Å². The Kier molecular flexibility index (Phi) is 5.14. The smallest absolute Gasteiger partial charge is 0.257 e. The number of rotatable bonds is 4. The van der Waals surface area contributed by atoms with Crippen LogP contribution >= 0.6 is 15.9 Å². The van der Waals surface area contributed by atoms with E-state index in [0.717, 1.165) is 4.47 Å². The zero-order valence-corrected chi connectivity index (χ0v) is 13.1. The Morgan fingerprint density at radius 2 is 2.06 bits per heavy atom. The molecular weight excluding hydrogens is 294 g/mol. The van der Waals surface area contributed by atoms with Crippen molar-refractivity contribution in [3.05, 3.63) is 22.3 Å². The van der Waals surface area contributed by atoms with Crippen molar-refractivity contribution in [1.29, 1.82) is 0 Å². The Bertz CT molecular complexity index is 434. The number of anilines is 1. The second-order valence-corrected chi connectivity index (χ2v) is 5.62. The van der Waals surface area contributed by atoms with Gasteiger partial charge in [0.15, 0.2) is 0 Å². The maximum absolute atomic E-state index is 12.4. The van der Waals surface area contributed by atoms with E-state index in [2.05, 4.69) is 40.1 Å². The second-order valence-electron chi connectivity index (χ2n) is 4.70. The van der Waals surface area contributed by atoms with Gasteiger partial charge in [0.25, 0.3) is 5.91 Å². The van der Waals surface area contributed by atoms with Gasteiger partial charge in [0.1, 0.15) is 5.82 Å². The summed E-state index contributed by atoms with van der Waals surface area (Å²) < 4.78 is 0.801. The number of carbonyl (C=O) groups is 1. The van der Waals surface area contributed by atoms with Crippen LogP contribution in [0, 0.1) is 5.92 Å². The van der Waals surface area contributed by atoms with Gasteiger partial charge in [-0.25, -0.2) is 4.98 Å². The van der Waals surface area contributed by atoms with Crippen molar-refractivity contribution >= 4 is 27.7 Å². The Labute approximate surface area is 117 Å². The number of pyridine rings is 1. The number of carbonyl (C=O) groups excluding carboxylic acids is 1. The third-order valence-corrected chi connectivity index (χ3v) is 3.65. The van der Waals surface area contributed by atoms with Gasteiger partial charge >= 0.3 is 0 Å². The van der Waals surface area contributed by atoms with Crippen molar-refractivity contribution in [2.45, 2.75) is 26.8 Å². The molecule has 0 aromatic carbocycles. The predicted molar refractivity (Wildman–Crippen MR) is 77.9 cm³/mol. The molecule has 0 saturated carbocycles. The summed E-state index contributed by atoms with van der Waals surface area (Å²) >= 11 is 3.35. The van der Waals surface area contributed by atoms with Crippen molar-refractivity contribution in [3.63, 3.8) is 0 Å². The average Bonchev–Trinajstić information content (AvgIpc) is 2.35. The van der Waals surface area contributed by atoms with Crippen LogP contribution in [-0.4, -0.2) is 35.9 Å².